The van der Waals surface area contributed by atoms with Crippen LogP contribution in [0.4, 0.5) is 5.69 Å². The topological polar surface area (TPSA) is 55.4 Å². The molecule has 120 valence electrons. The van der Waals surface area contributed by atoms with Crippen LogP contribution in [0.25, 0.3) is 0 Å². The molecule has 1 amide bonds. The highest BCUT2D eigenvalue weighted by Gasteiger charge is 2.16. The molecule has 5 heteroatoms. The molecule has 0 saturated heterocycles. The Hall–Kier alpha value is -2.27. The predicted octanol–water partition coefficient (Wildman–Crippen LogP) is 4.02. The Morgan fingerprint density at radius 2 is 1.83 bits per heavy atom. The van der Waals surface area contributed by atoms with Gasteiger partial charge in [-0.1, -0.05) is 6.07 Å². The maximum absolute atomic E-state index is 12.5. The molecule has 4 nitrogen and oxygen atoms in total. The van der Waals surface area contributed by atoms with Crippen LogP contribution in [0.3, 0.4) is 0 Å². The predicted molar refractivity (Wildman–Crippen MR) is 93.4 cm³/mol. The fourth-order valence-electron chi connectivity index (χ4n) is 2.09. The summed E-state index contributed by atoms with van der Waals surface area (Å²) >= 11 is 1.49. The third-order valence-electron chi connectivity index (χ3n) is 3.21. The Labute approximate surface area is 140 Å². The first-order valence-corrected chi connectivity index (χ1v) is 8.10. The average molecular weight is 329 g/mol. The smallest absolute Gasteiger partial charge is 0.221 e. The van der Waals surface area contributed by atoms with Crippen molar-refractivity contribution in [3.63, 3.8) is 0 Å². The normalized spacial score (nSPS) is 11.6. The Bertz CT molecular complexity index is 698. The zero-order valence-electron chi connectivity index (χ0n) is 13.3. The number of Topliss-reactive ketones (excluding diaryl/α,β-unsaturated/α-hetero) is 1. The molecule has 0 aliphatic carbocycles. The van der Waals surface area contributed by atoms with E-state index in [0.717, 1.165) is 10.6 Å². The molecule has 0 aliphatic rings. The summed E-state index contributed by atoms with van der Waals surface area (Å²) in [5.41, 5.74) is 1.31. The Kier molecular flexibility index (Phi) is 5.82. The van der Waals surface area contributed by atoms with Crippen LogP contribution in [0, 0.1) is 0 Å². The van der Waals surface area contributed by atoms with Gasteiger partial charge in [-0.15, -0.1) is 11.8 Å². The number of nitrogens with one attached hydrogen (secondary N) is 1. The van der Waals surface area contributed by atoms with Gasteiger partial charge in [-0.25, -0.2) is 0 Å². The van der Waals surface area contributed by atoms with E-state index in [1.54, 1.807) is 31.4 Å². The first-order chi connectivity index (χ1) is 11.0. The number of methoxy groups -OCH3 is 1. The van der Waals surface area contributed by atoms with Gasteiger partial charge in [0.25, 0.3) is 0 Å². The highest BCUT2D eigenvalue weighted by molar-refractivity contribution is 8.00. The van der Waals surface area contributed by atoms with E-state index in [0.29, 0.717) is 11.3 Å². The maximum atomic E-state index is 12.5. The minimum Gasteiger partial charge on any atom is -0.497 e. The number of ketones is 1. The van der Waals surface area contributed by atoms with E-state index in [9.17, 15) is 9.59 Å². The van der Waals surface area contributed by atoms with Crippen molar-refractivity contribution in [1.29, 1.82) is 0 Å². The van der Waals surface area contributed by atoms with Crippen LogP contribution < -0.4 is 10.1 Å². The van der Waals surface area contributed by atoms with Gasteiger partial charge in [-0.2, -0.15) is 0 Å². The van der Waals surface area contributed by atoms with E-state index in [-0.39, 0.29) is 16.9 Å². The van der Waals surface area contributed by atoms with Crippen LogP contribution in [0.15, 0.2) is 53.4 Å². The molecule has 0 radical (unpaired) electrons. The molecule has 0 heterocycles. The minimum absolute atomic E-state index is 0.0483. The van der Waals surface area contributed by atoms with E-state index in [4.69, 9.17) is 4.74 Å². The molecule has 2 aromatic carbocycles. The number of ether oxygens (including phenoxy) is 1. The van der Waals surface area contributed by atoms with Crippen molar-refractivity contribution in [2.45, 2.75) is 24.0 Å². The third kappa shape index (κ3) is 4.86. The number of benzene rings is 2. The summed E-state index contributed by atoms with van der Waals surface area (Å²) in [4.78, 5) is 24.5. The summed E-state index contributed by atoms with van der Waals surface area (Å²) in [5, 5.41) is 2.47. The Morgan fingerprint density at radius 1 is 1.13 bits per heavy atom. The monoisotopic (exact) mass is 329 g/mol. The molecule has 2 aromatic rings. The van der Waals surface area contributed by atoms with Crippen LogP contribution in [0.2, 0.25) is 0 Å². The molecule has 1 atom stereocenters. The molecule has 1 N–H and O–H groups in total. The van der Waals surface area contributed by atoms with Gasteiger partial charge in [0.2, 0.25) is 5.91 Å². The van der Waals surface area contributed by atoms with Crippen LogP contribution in [0.5, 0.6) is 5.75 Å². The number of amides is 1. The fraction of sp³-hybridized carbons (Fsp3) is 0.222. The zero-order valence-corrected chi connectivity index (χ0v) is 14.1. The number of carbonyl (C=O) groups is 2. The van der Waals surface area contributed by atoms with E-state index in [1.165, 1.54) is 18.7 Å². The molecule has 0 spiro atoms. The molecule has 23 heavy (non-hydrogen) atoms. The van der Waals surface area contributed by atoms with Gasteiger partial charge in [0.15, 0.2) is 5.78 Å². The first-order valence-electron chi connectivity index (χ1n) is 7.22. The van der Waals surface area contributed by atoms with Gasteiger partial charge in [0, 0.05) is 23.1 Å². The molecule has 2 rings (SSSR count). The SMILES string of the molecule is COc1cccc(S[C@H](C)C(=O)c2ccc(NC(C)=O)cc2)c1. The first kappa shape index (κ1) is 17.1. The van der Waals surface area contributed by atoms with Gasteiger partial charge >= 0.3 is 0 Å². The lowest BCUT2D eigenvalue weighted by atomic mass is 10.1. The van der Waals surface area contributed by atoms with Crippen molar-refractivity contribution >= 4 is 29.1 Å². The van der Waals surface area contributed by atoms with Crippen LogP contribution >= 0.6 is 11.8 Å². The Morgan fingerprint density at radius 3 is 2.43 bits per heavy atom. The highest BCUT2D eigenvalue weighted by Crippen LogP contribution is 2.28. The second-order valence-corrected chi connectivity index (χ2v) is 6.48. The standard InChI is InChI=1S/C18H19NO3S/c1-12(23-17-6-4-5-16(11-17)22-3)18(21)14-7-9-15(10-8-14)19-13(2)20/h4-12H,1-3H3,(H,19,20)/t12-/m1/s1. The molecule has 0 unspecified atom stereocenters. The molecular weight excluding hydrogens is 310 g/mol. The molecular formula is C18H19NO3S. The van der Waals surface area contributed by atoms with Crippen molar-refractivity contribution in [3.05, 3.63) is 54.1 Å². The van der Waals surface area contributed by atoms with Gasteiger partial charge in [0.05, 0.1) is 12.4 Å². The summed E-state index contributed by atoms with van der Waals surface area (Å²) in [6.07, 6.45) is 0. The van der Waals surface area contributed by atoms with Crippen molar-refractivity contribution in [2.75, 3.05) is 12.4 Å². The zero-order chi connectivity index (χ0) is 16.8. The second-order valence-electron chi connectivity index (χ2n) is 5.06. The number of anilines is 1. The van der Waals surface area contributed by atoms with Crippen molar-refractivity contribution in [2.24, 2.45) is 0 Å². The van der Waals surface area contributed by atoms with Crippen molar-refractivity contribution < 1.29 is 14.3 Å². The van der Waals surface area contributed by atoms with Gasteiger partial charge in [-0.3, -0.25) is 9.59 Å². The number of hydrogen-bond donors (Lipinski definition) is 1. The van der Waals surface area contributed by atoms with Crippen LogP contribution in [-0.4, -0.2) is 24.1 Å². The van der Waals surface area contributed by atoms with Gasteiger partial charge in [-0.05, 0) is 49.4 Å². The van der Waals surface area contributed by atoms with Crippen molar-refractivity contribution in [1.82, 2.24) is 0 Å². The summed E-state index contributed by atoms with van der Waals surface area (Å²) in [7, 11) is 1.62. The molecule has 0 aliphatic heterocycles. The summed E-state index contributed by atoms with van der Waals surface area (Å²) in [6.45, 7) is 3.33. The van der Waals surface area contributed by atoms with E-state index >= 15 is 0 Å². The molecule has 0 bridgehead atoms. The fourth-order valence-corrected chi connectivity index (χ4v) is 3.08. The summed E-state index contributed by atoms with van der Waals surface area (Å²) in [6, 6.07) is 14.6. The second kappa shape index (κ2) is 7.83. The van der Waals surface area contributed by atoms with Crippen LogP contribution in [0.1, 0.15) is 24.2 Å². The maximum Gasteiger partial charge on any atom is 0.221 e. The van der Waals surface area contributed by atoms with E-state index in [1.807, 2.05) is 31.2 Å². The highest BCUT2D eigenvalue weighted by atomic mass is 32.2. The van der Waals surface area contributed by atoms with Gasteiger partial charge < -0.3 is 10.1 Å². The molecule has 0 saturated carbocycles. The van der Waals surface area contributed by atoms with Crippen molar-refractivity contribution in [3.8, 4) is 5.75 Å². The lowest BCUT2D eigenvalue weighted by Gasteiger charge is -2.11. The quantitative estimate of drug-likeness (QED) is 0.642. The lowest BCUT2D eigenvalue weighted by Crippen LogP contribution is -2.13. The summed E-state index contributed by atoms with van der Waals surface area (Å²) in [5.74, 6) is 0.688. The minimum atomic E-state index is -0.214. The largest absolute Gasteiger partial charge is 0.497 e. The van der Waals surface area contributed by atoms with Crippen LogP contribution in [-0.2, 0) is 4.79 Å². The number of carbonyl (C=O) groups excluding carboxylic acids is 2. The summed E-state index contributed by atoms with van der Waals surface area (Å²) < 4.78 is 5.19. The number of hydrogen-bond acceptors (Lipinski definition) is 4. The van der Waals surface area contributed by atoms with E-state index < -0.39 is 0 Å². The number of rotatable bonds is 6. The molecule has 0 fully saturated rings. The Balaban J connectivity index is 2.05. The molecule has 0 aromatic heterocycles. The average Bonchev–Trinajstić information content (AvgIpc) is 2.54. The lowest BCUT2D eigenvalue weighted by molar-refractivity contribution is -0.114. The van der Waals surface area contributed by atoms with Gasteiger partial charge in [0.1, 0.15) is 5.75 Å². The third-order valence-corrected chi connectivity index (χ3v) is 4.31. The van der Waals surface area contributed by atoms with E-state index in [2.05, 4.69) is 5.32 Å². The number of thioether (sulfide) groups is 1.